The molecule has 0 saturated carbocycles. The van der Waals surface area contributed by atoms with Crippen LogP contribution in [0.15, 0.2) is 66.2 Å². The van der Waals surface area contributed by atoms with Gasteiger partial charge in [0.25, 0.3) is 11.7 Å². The molecule has 0 radical (unpaired) electrons. The highest BCUT2D eigenvalue weighted by molar-refractivity contribution is 6.52. The van der Waals surface area contributed by atoms with Crippen LogP contribution in [0, 0.1) is 0 Å². The topological polar surface area (TPSA) is 94.5 Å². The number of Topliss-reactive ketones (excluding diaryl/α,β-unsaturated/α-hetero) is 1. The van der Waals surface area contributed by atoms with Crippen molar-refractivity contribution < 1.29 is 33.6 Å². The van der Waals surface area contributed by atoms with Gasteiger partial charge in [0.1, 0.15) is 17.3 Å². The van der Waals surface area contributed by atoms with E-state index in [4.69, 9.17) is 30.5 Å². The summed E-state index contributed by atoms with van der Waals surface area (Å²) in [4.78, 5) is 28.3. The van der Waals surface area contributed by atoms with Gasteiger partial charge in [-0.2, -0.15) is 0 Å². The molecule has 198 valence electrons. The first-order chi connectivity index (χ1) is 18.3. The van der Waals surface area contributed by atoms with E-state index in [1.807, 2.05) is 13.8 Å². The largest absolute Gasteiger partial charge is 0.507 e. The zero-order valence-corrected chi connectivity index (χ0v) is 22.2. The summed E-state index contributed by atoms with van der Waals surface area (Å²) in [7, 11) is 3.06. The van der Waals surface area contributed by atoms with E-state index in [0.29, 0.717) is 47.5 Å². The second-order valence-electron chi connectivity index (χ2n) is 8.29. The number of amides is 1. The van der Waals surface area contributed by atoms with Crippen molar-refractivity contribution in [3.05, 3.63) is 82.4 Å². The van der Waals surface area contributed by atoms with Crippen LogP contribution in [0.1, 0.15) is 31.0 Å². The molecule has 0 aliphatic carbocycles. The fourth-order valence-electron chi connectivity index (χ4n) is 4.38. The van der Waals surface area contributed by atoms with Crippen molar-refractivity contribution in [2.45, 2.75) is 19.9 Å². The van der Waals surface area contributed by atoms with E-state index in [2.05, 4.69) is 0 Å². The molecule has 0 aromatic heterocycles. The lowest BCUT2D eigenvalue weighted by Crippen LogP contribution is -2.29. The van der Waals surface area contributed by atoms with E-state index in [9.17, 15) is 14.7 Å². The first-order valence-electron chi connectivity index (χ1n) is 12.0. The first kappa shape index (κ1) is 26.9. The summed E-state index contributed by atoms with van der Waals surface area (Å²) in [6, 6.07) is 15.6. The van der Waals surface area contributed by atoms with Gasteiger partial charge in [0, 0.05) is 11.3 Å². The van der Waals surface area contributed by atoms with E-state index >= 15 is 0 Å². The minimum Gasteiger partial charge on any atom is -0.507 e. The number of ketones is 1. The highest BCUT2D eigenvalue weighted by Crippen LogP contribution is 2.45. The zero-order chi connectivity index (χ0) is 27.4. The van der Waals surface area contributed by atoms with Crippen LogP contribution in [0.3, 0.4) is 0 Å². The SMILES string of the molecule is CCOc1ccc(Cl)c(/C(O)=C2\C(=O)C(=O)N(c3ccc(OC)cc3)C2c2ccc(OC)c(OCC)c2)c1. The summed E-state index contributed by atoms with van der Waals surface area (Å²) in [5, 5.41) is 11.7. The van der Waals surface area contributed by atoms with Gasteiger partial charge in [-0.3, -0.25) is 14.5 Å². The van der Waals surface area contributed by atoms with Crippen molar-refractivity contribution in [2.75, 3.05) is 32.3 Å². The van der Waals surface area contributed by atoms with E-state index in [0.717, 1.165) is 0 Å². The molecule has 1 unspecified atom stereocenters. The number of methoxy groups -OCH3 is 2. The number of aliphatic hydroxyl groups excluding tert-OH is 1. The maximum atomic E-state index is 13.5. The quantitative estimate of drug-likeness (QED) is 0.210. The van der Waals surface area contributed by atoms with Crippen LogP contribution < -0.4 is 23.8 Å². The Balaban J connectivity index is 1.96. The van der Waals surface area contributed by atoms with Crippen LogP contribution in [0.5, 0.6) is 23.0 Å². The normalized spacial score (nSPS) is 16.4. The van der Waals surface area contributed by atoms with Gasteiger partial charge in [-0.15, -0.1) is 0 Å². The van der Waals surface area contributed by atoms with E-state index < -0.39 is 23.5 Å². The molecule has 1 aliphatic heterocycles. The summed E-state index contributed by atoms with van der Waals surface area (Å²) >= 11 is 6.43. The maximum absolute atomic E-state index is 13.5. The minimum atomic E-state index is -0.986. The highest BCUT2D eigenvalue weighted by atomic mass is 35.5. The molecule has 1 atom stereocenters. The lowest BCUT2D eigenvalue weighted by molar-refractivity contribution is -0.132. The van der Waals surface area contributed by atoms with E-state index in [-0.39, 0.29) is 16.2 Å². The molecule has 3 aromatic rings. The van der Waals surface area contributed by atoms with E-state index in [1.54, 1.807) is 60.7 Å². The zero-order valence-electron chi connectivity index (χ0n) is 21.5. The van der Waals surface area contributed by atoms with Gasteiger partial charge in [0.05, 0.1) is 44.1 Å². The number of halogens is 1. The Kier molecular flexibility index (Phi) is 8.12. The Bertz CT molecular complexity index is 1380. The standard InChI is InChI=1S/C29H28ClNO7/c1-5-37-20-12-13-22(30)21(16-20)27(32)25-26(17-7-14-23(36-4)24(15-17)38-6-2)31(29(34)28(25)33)18-8-10-19(35-3)11-9-18/h7-16,26,32H,5-6H2,1-4H3/b27-25+. The van der Waals surface area contributed by atoms with Crippen molar-refractivity contribution >= 4 is 34.7 Å². The van der Waals surface area contributed by atoms with Gasteiger partial charge in [-0.05, 0) is 74.0 Å². The number of ether oxygens (including phenoxy) is 4. The summed E-state index contributed by atoms with van der Waals surface area (Å²) in [5.41, 5.74) is 1.03. The molecule has 1 amide bonds. The van der Waals surface area contributed by atoms with Crippen molar-refractivity contribution in [1.82, 2.24) is 0 Å². The Morgan fingerprint density at radius 1 is 0.868 bits per heavy atom. The summed E-state index contributed by atoms with van der Waals surface area (Å²) in [6.07, 6.45) is 0. The second kappa shape index (κ2) is 11.5. The van der Waals surface area contributed by atoms with Crippen molar-refractivity contribution in [1.29, 1.82) is 0 Å². The average Bonchev–Trinajstić information content (AvgIpc) is 3.19. The molecule has 1 N–H and O–H groups in total. The molecule has 8 nitrogen and oxygen atoms in total. The number of rotatable bonds is 9. The van der Waals surface area contributed by atoms with Gasteiger partial charge in [0.15, 0.2) is 11.5 Å². The number of anilines is 1. The third-order valence-corrected chi connectivity index (χ3v) is 6.43. The predicted octanol–water partition coefficient (Wildman–Crippen LogP) is 5.78. The van der Waals surface area contributed by atoms with Crippen LogP contribution in [0.2, 0.25) is 5.02 Å². The van der Waals surface area contributed by atoms with Crippen molar-refractivity contribution in [3.63, 3.8) is 0 Å². The molecule has 1 aliphatic rings. The minimum absolute atomic E-state index is 0.117. The van der Waals surface area contributed by atoms with Crippen molar-refractivity contribution in [3.8, 4) is 23.0 Å². The second-order valence-corrected chi connectivity index (χ2v) is 8.69. The first-order valence-corrected chi connectivity index (χ1v) is 12.4. The van der Waals surface area contributed by atoms with Gasteiger partial charge in [-0.25, -0.2) is 0 Å². The van der Waals surface area contributed by atoms with Gasteiger partial charge in [0.2, 0.25) is 0 Å². The Morgan fingerprint density at radius 2 is 1.55 bits per heavy atom. The fourth-order valence-corrected chi connectivity index (χ4v) is 4.58. The van der Waals surface area contributed by atoms with Crippen LogP contribution in [-0.4, -0.2) is 44.2 Å². The number of hydrogen-bond acceptors (Lipinski definition) is 7. The van der Waals surface area contributed by atoms with Crippen LogP contribution in [-0.2, 0) is 9.59 Å². The smallest absolute Gasteiger partial charge is 0.300 e. The molecule has 38 heavy (non-hydrogen) atoms. The number of hydrogen-bond donors (Lipinski definition) is 1. The number of aliphatic hydroxyl groups is 1. The molecular weight excluding hydrogens is 510 g/mol. The third kappa shape index (κ3) is 4.99. The number of nitrogens with zero attached hydrogens (tertiary/aromatic N) is 1. The molecule has 3 aromatic carbocycles. The predicted molar refractivity (Wildman–Crippen MR) is 145 cm³/mol. The molecule has 0 bridgehead atoms. The molecule has 9 heteroatoms. The van der Waals surface area contributed by atoms with Crippen LogP contribution >= 0.6 is 11.6 Å². The summed E-state index contributed by atoms with van der Waals surface area (Å²) < 4.78 is 22.0. The third-order valence-electron chi connectivity index (χ3n) is 6.10. The maximum Gasteiger partial charge on any atom is 0.300 e. The number of carbonyl (C=O) groups excluding carboxylic acids is 2. The summed E-state index contributed by atoms with van der Waals surface area (Å²) in [6.45, 7) is 4.44. The Labute approximate surface area is 225 Å². The Hall–Kier alpha value is -4.17. The molecule has 4 rings (SSSR count). The monoisotopic (exact) mass is 537 g/mol. The average molecular weight is 538 g/mol. The van der Waals surface area contributed by atoms with Gasteiger partial charge in [-0.1, -0.05) is 17.7 Å². The molecular formula is C29H28ClNO7. The van der Waals surface area contributed by atoms with E-state index in [1.165, 1.54) is 19.1 Å². The molecule has 0 spiro atoms. The molecule has 1 heterocycles. The highest BCUT2D eigenvalue weighted by Gasteiger charge is 2.47. The van der Waals surface area contributed by atoms with Crippen LogP contribution in [0.25, 0.3) is 5.76 Å². The van der Waals surface area contributed by atoms with Crippen LogP contribution in [0.4, 0.5) is 5.69 Å². The lowest BCUT2D eigenvalue weighted by Gasteiger charge is -2.26. The molecule has 1 saturated heterocycles. The lowest BCUT2D eigenvalue weighted by atomic mass is 9.94. The molecule has 1 fully saturated rings. The number of benzene rings is 3. The number of carbonyl (C=O) groups is 2. The van der Waals surface area contributed by atoms with Gasteiger partial charge >= 0.3 is 0 Å². The Morgan fingerprint density at radius 3 is 2.18 bits per heavy atom. The van der Waals surface area contributed by atoms with Crippen molar-refractivity contribution in [2.24, 2.45) is 0 Å². The van der Waals surface area contributed by atoms with Gasteiger partial charge < -0.3 is 24.1 Å². The fraction of sp³-hybridized carbons (Fsp3) is 0.241. The summed E-state index contributed by atoms with van der Waals surface area (Å²) in [5.74, 6) is -0.0900.